The topological polar surface area (TPSA) is 39.2 Å². The molecule has 0 atom stereocenters. The number of pyridine rings is 1. The number of rotatable bonds is 3. The van der Waals surface area contributed by atoms with Crippen molar-refractivity contribution in [3.05, 3.63) is 30.1 Å². The van der Waals surface area contributed by atoms with Crippen molar-refractivity contribution >= 4 is 5.97 Å². The molecule has 1 aromatic heterocycles. The maximum atomic E-state index is 12.6. The van der Waals surface area contributed by atoms with Gasteiger partial charge in [-0.1, -0.05) is 6.07 Å². The molecule has 1 heterocycles. The summed E-state index contributed by atoms with van der Waals surface area (Å²) in [7, 11) is 0. The molecule has 3 nitrogen and oxygen atoms in total. The third kappa shape index (κ3) is 2.04. The zero-order chi connectivity index (χ0) is 13.6. The fourth-order valence-electron chi connectivity index (χ4n) is 5.15. The summed E-state index contributed by atoms with van der Waals surface area (Å²) >= 11 is 0. The molecule has 0 spiro atoms. The third-order valence-corrected chi connectivity index (χ3v) is 5.56. The molecule has 4 saturated carbocycles. The molecule has 0 radical (unpaired) electrons. The summed E-state index contributed by atoms with van der Waals surface area (Å²) in [6.07, 6.45) is 10.8. The lowest BCUT2D eigenvalue weighted by atomic mass is 9.49. The first-order chi connectivity index (χ1) is 9.73. The minimum atomic E-state index is -0.142. The molecule has 0 aliphatic heterocycles. The number of carbonyl (C=O) groups excluding carboxylic acids is 1. The largest absolute Gasteiger partial charge is 0.460 e. The predicted molar refractivity (Wildman–Crippen MR) is 74.6 cm³/mol. The zero-order valence-corrected chi connectivity index (χ0v) is 11.8. The second kappa shape index (κ2) is 4.57. The summed E-state index contributed by atoms with van der Waals surface area (Å²) in [5.74, 6) is 2.41. The Hall–Kier alpha value is -1.38. The minimum Gasteiger partial charge on any atom is -0.460 e. The third-order valence-electron chi connectivity index (χ3n) is 5.56. The summed E-state index contributed by atoms with van der Waals surface area (Å²) in [5, 5.41) is 0. The van der Waals surface area contributed by atoms with E-state index in [0.29, 0.717) is 6.61 Å². The molecule has 4 aliphatic carbocycles. The van der Waals surface area contributed by atoms with Crippen molar-refractivity contribution < 1.29 is 9.53 Å². The van der Waals surface area contributed by atoms with Gasteiger partial charge in [-0.25, -0.2) is 0 Å². The Morgan fingerprint density at radius 1 is 1.20 bits per heavy atom. The molecule has 1 aromatic rings. The predicted octanol–water partition coefficient (Wildman–Crippen LogP) is 3.34. The van der Waals surface area contributed by atoms with Crippen LogP contribution in [-0.2, 0) is 16.1 Å². The van der Waals surface area contributed by atoms with Crippen LogP contribution in [0.1, 0.15) is 44.1 Å². The smallest absolute Gasteiger partial charge is 0.312 e. The highest BCUT2D eigenvalue weighted by Gasteiger charge is 2.55. The van der Waals surface area contributed by atoms with Crippen molar-refractivity contribution in [2.45, 2.75) is 45.1 Å². The van der Waals surface area contributed by atoms with Crippen LogP contribution in [0.4, 0.5) is 0 Å². The van der Waals surface area contributed by atoms with Gasteiger partial charge in [0.2, 0.25) is 0 Å². The number of hydrogen-bond donors (Lipinski definition) is 0. The van der Waals surface area contributed by atoms with Crippen molar-refractivity contribution in [1.82, 2.24) is 4.98 Å². The molecule has 0 aromatic carbocycles. The Bertz CT molecular complexity index is 476. The van der Waals surface area contributed by atoms with E-state index in [9.17, 15) is 4.79 Å². The van der Waals surface area contributed by atoms with E-state index in [2.05, 4.69) is 4.98 Å². The van der Waals surface area contributed by atoms with Gasteiger partial charge in [-0.3, -0.25) is 9.78 Å². The standard InChI is InChI=1S/C17H21NO2/c19-16(20-11-12-2-1-3-18-10-12)17-7-13-4-14(8-17)6-15(5-13)9-17/h1-3,10,13-15H,4-9,11H2. The number of nitrogens with zero attached hydrogens (tertiary/aromatic N) is 1. The molecular formula is C17H21NO2. The fraction of sp³-hybridized carbons (Fsp3) is 0.647. The molecule has 4 bridgehead atoms. The summed E-state index contributed by atoms with van der Waals surface area (Å²) in [6, 6.07) is 3.84. The molecule has 20 heavy (non-hydrogen) atoms. The second-order valence-corrected chi connectivity index (χ2v) is 7.14. The average molecular weight is 271 g/mol. The molecule has 106 valence electrons. The van der Waals surface area contributed by atoms with Gasteiger partial charge in [-0.2, -0.15) is 0 Å². The first-order valence-electron chi connectivity index (χ1n) is 7.80. The monoisotopic (exact) mass is 271 g/mol. The van der Waals surface area contributed by atoms with Gasteiger partial charge in [0.25, 0.3) is 0 Å². The van der Waals surface area contributed by atoms with E-state index >= 15 is 0 Å². The number of ether oxygens (including phenoxy) is 1. The van der Waals surface area contributed by atoms with E-state index in [4.69, 9.17) is 4.74 Å². The van der Waals surface area contributed by atoms with Crippen molar-refractivity contribution in [2.75, 3.05) is 0 Å². The van der Waals surface area contributed by atoms with Gasteiger partial charge in [0.15, 0.2) is 0 Å². The van der Waals surface area contributed by atoms with Crippen LogP contribution in [-0.4, -0.2) is 11.0 Å². The van der Waals surface area contributed by atoms with Crippen LogP contribution in [0.5, 0.6) is 0 Å². The van der Waals surface area contributed by atoms with Crippen LogP contribution in [0, 0.1) is 23.2 Å². The van der Waals surface area contributed by atoms with Crippen LogP contribution in [0.15, 0.2) is 24.5 Å². The van der Waals surface area contributed by atoms with Crippen molar-refractivity contribution in [1.29, 1.82) is 0 Å². The lowest BCUT2D eigenvalue weighted by Crippen LogP contribution is -2.50. The van der Waals surface area contributed by atoms with E-state index in [1.807, 2.05) is 12.1 Å². The van der Waals surface area contributed by atoms with Gasteiger partial charge in [0.05, 0.1) is 5.41 Å². The van der Waals surface area contributed by atoms with Gasteiger partial charge in [0.1, 0.15) is 6.61 Å². The molecule has 0 unspecified atom stereocenters. The molecule has 0 saturated heterocycles. The first-order valence-corrected chi connectivity index (χ1v) is 7.80. The quantitative estimate of drug-likeness (QED) is 0.791. The molecule has 3 heteroatoms. The Balaban J connectivity index is 1.46. The maximum Gasteiger partial charge on any atom is 0.312 e. The molecule has 4 aliphatic rings. The van der Waals surface area contributed by atoms with Crippen LogP contribution in [0.25, 0.3) is 0 Å². The first kappa shape index (κ1) is 12.4. The van der Waals surface area contributed by atoms with Gasteiger partial charge in [0, 0.05) is 18.0 Å². The molecule has 0 amide bonds. The van der Waals surface area contributed by atoms with E-state index in [1.54, 1.807) is 12.4 Å². The summed E-state index contributed by atoms with van der Waals surface area (Å²) in [4.78, 5) is 16.7. The van der Waals surface area contributed by atoms with E-state index in [0.717, 1.165) is 42.6 Å². The number of esters is 1. The van der Waals surface area contributed by atoms with Gasteiger partial charge in [-0.15, -0.1) is 0 Å². The zero-order valence-electron chi connectivity index (χ0n) is 11.8. The Kier molecular flexibility index (Phi) is 2.83. The Morgan fingerprint density at radius 2 is 1.85 bits per heavy atom. The lowest BCUT2D eigenvalue weighted by Gasteiger charge is -2.55. The molecule has 0 N–H and O–H groups in total. The number of hydrogen-bond acceptors (Lipinski definition) is 3. The summed E-state index contributed by atoms with van der Waals surface area (Å²) in [6.45, 7) is 0.369. The van der Waals surface area contributed by atoms with E-state index in [1.165, 1.54) is 19.3 Å². The van der Waals surface area contributed by atoms with Crippen molar-refractivity contribution in [3.63, 3.8) is 0 Å². The molecular weight excluding hydrogens is 250 g/mol. The van der Waals surface area contributed by atoms with E-state index < -0.39 is 0 Å². The normalized spacial score (nSPS) is 37.9. The number of carbonyl (C=O) groups is 1. The maximum absolute atomic E-state index is 12.6. The highest BCUT2D eigenvalue weighted by molar-refractivity contribution is 5.77. The van der Waals surface area contributed by atoms with Gasteiger partial charge in [-0.05, 0) is 62.3 Å². The lowest BCUT2D eigenvalue weighted by molar-refractivity contribution is -0.172. The van der Waals surface area contributed by atoms with Crippen molar-refractivity contribution in [2.24, 2.45) is 23.2 Å². The highest BCUT2D eigenvalue weighted by Crippen LogP contribution is 2.60. The SMILES string of the molecule is O=C(OCc1cccnc1)C12CC3CC(CC(C3)C1)C2. The molecule has 5 rings (SSSR count). The van der Waals surface area contributed by atoms with Crippen LogP contribution >= 0.6 is 0 Å². The van der Waals surface area contributed by atoms with E-state index in [-0.39, 0.29) is 11.4 Å². The summed E-state index contributed by atoms with van der Waals surface area (Å²) in [5.41, 5.74) is 0.835. The number of aromatic nitrogens is 1. The average Bonchev–Trinajstić information content (AvgIpc) is 2.44. The van der Waals surface area contributed by atoms with Crippen LogP contribution in [0.2, 0.25) is 0 Å². The van der Waals surface area contributed by atoms with Crippen LogP contribution in [0.3, 0.4) is 0 Å². The van der Waals surface area contributed by atoms with Crippen molar-refractivity contribution in [3.8, 4) is 0 Å². The van der Waals surface area contributed by atoms with Gasteiger partial charge < -0.3 is 4.74 Å². The Labute approximate surface area is 119 Å². The highest BCUT2D eigenvalue weighted by atomic mass is 16.5. The van der Waals surface area contributed by atoms with Crippen LogP contribution < -0.4 is 0 Å². The fourth-order valence-corrected chi connectivity index (χ4v) is 5.15. The Morgan fingerprint density at radius 3 is 2.40 bits per heavy atom. The minimum absolute atomic E-state index is 0.0560. The molecule has 4 fully saturated rings. The summed E-state index contributed by atoms with van der Waals surface area (Å²) < 4.78 is 5.63. The van der Waals surface area contributed by atoms with Gasteiger partial charge >= 0.3 is 5.97 Å². The second-order valence-electron chi connectivity index (χ2n) is 7.14.